The highest BCUT2D eigenvalue weighted by molar-refractivity contribution is 6.18. The summed E-state index contributed by atoms with van der Waals surface area (Å²) in [7, 11) is 0. The highest BCUT2D eigenvalue weighted by Gasteiger charge is 2.35. The number of hydrogen-bond donors (Lipinski definition) is 0. The average Bonchev–Trinajstić information content (AvgIpc) is 2.69. The van der Waals surface area contributed by atoms with Gasteiger partial charge >= 0.3 is 5.69 Å². The second-order valence-electron chi connectivity index (χ2n) is 4.29. The molecule has 0 N–H and O–H groups in total. The lowest BCUT2D eigenvalue weighted by atomic mass is 10.1. The van der Waals surface area contributed by atoms with Crippen LogP contribution < -0.4 is 4.90 Å². The van der Waals surface area contributed by atoms with Crippen LogP contribution in [-0.2, 0) is 4.79 Å². The molecule has 1 saturated heterocycles. The van der Waals surface area contributed by atoms with Crippen molar-refractivity contribution in [3.63, 3.8) is 0 Å². The lowest BCUT2D eigenvalue weighted by molar-refractivity contribution is -0.384. The summed E-state index contributed by atoms with van der Waals surface area (Å²) >= 11 is 5.73. The second-order valence-corrected chi connectivity index (χ2v) is 4.59. The van der Waals surface area contributed by atoms with Crippen molar-refractivity contribution < 1.29 is 9.72 Å². The van der Waals surface area contributed by atoms with E-state index in [0.717, 1.165) is 0 Å². The van der Waals surface area contributed by atoms with Crippen LogP contribution in [0.2, 0.25) is 0 Å². The molecule has 2 rings (SSSR count). The van der Waals surface area contributed by atoms with Gasteiger partial charge in [-0.2, -0.15) is 0 Å². The minimum atomic E-state index is -0.501. The molecule has 1 fully saturated rings. The molecule has 7 heteroatoms. The van der Waals surface area contributed by atoms with Gasteiger partial charge in [0.2, 0.25) is 11.7 Å². The minimum absolute atomic E-state index is 0.0288. The van der Waals surface area contributed by atoms with Gasteiger partial charge in [0.15, 0.2) is 0 Å². The Morgan fingerprint density at radius 3 is 2.94 bits per heavy atom. The normalized spacial score (nSPS) is 19.3. The number of amides is 1. The molecule has 0 saturated carbocycles. The van der Waals surface area contributed by atoms with Crippen LogP contribution in [0.4, 0.5) is 11.5 Å². The Morgan fingerprint density at radius 1 is 1.67 bits per heavy atom. The van der Waals surface area contributed by atoms with Gasteiger partial charge in [0.05, 0.1) is 4.92 Å². The van der Waals surface area contributed by atoms with Crippen molar-refractivity contribution in [2.45, 2.75) is 13.3 Å². The maximum absolute atomic E-state index is 11.8. The number of nitrogens with zero attached hydrogens (tertiary/aromatic N) is 3. The molecule has 2 heterocycles. The van der Waals surface area contributed by atoms with Gasteiger partial charge in [-0.3, -0.25) is 19.8 Å². The van der Waals surface area contributed by atoms with Gasteiger partial charge in [-0.25, -0.2) is 4.98 Å². The Bertz CT molecular complexity index is 506. The number of alkyl halides is 1. The van der Waals surface area contributed by atoms with E-state index in [0.29, 0.717) is 24.4 Å². The van der Waals surface area contributed by atoms with E-state index >= 15 is 0 Å². The fourth-order valence-electron chi connectivity index (χ4n) is 2.05. The molecular formula is C11H12ClN3O3. The third-order valence-corrected chi connectivity index (χ3v) is 3.40. The number of anilines is 1. The largest absolute Gasteiger partial charge is 0.314 e. The highest BCUT2D eigenvalue weighted by Crippen LogP contribution is 2.33. The minimum Gasteiger partial charge on any atom is -0.291 e. The molecule has 6 nitrogen and oxygen atoms in total. The van der Waals surface area contributed by atoms with Crippen LogP contribution in [0.1, 0.15) is 12.0 Å². The first-order valence-corrected chi connectivity index (χ1v) is 6.04. The van der Waals surface area contributed by atoms with Crippen molar-refractivity contribution >= 4 is 29.0 Å². The van der Waals surface area contributed by atoms with Crippen molar-refractivity contribution in [2.75, 3.05) is 17.3 Å². The summed E-state index contributed by atoms with van der Waals surface area (Å²) < 4.78 is 0. The van der Waals surface area contributed by atoms with Gasteiger partial charge in [-0.15, -0.1) is 11.6 Å². The smallest absolute Gasteiger partial charge is 0.291 e. The first-order valence-electron chi connectivity index (χ1n) is 5.51. The molecule has 0 spiro atoms. The van der Waals surface area contributed by atoms with Crippen molar-refractivity contribution in [3.05, 3.63) is 27.9 Å². The van der Waals surface area contributed by atoms with E-state index in [1.807, 2.05) is 0 Å². The number of rotatable bonds is 3. The molecule has 0 bridgehead atoms. The van der Waals surface area contributed by atoms with E-state index in [-0.39, 0.29) is 23.3 Å². The fourth-order valence-corrected chi connectivity index (χ4v) is 2.26. The topological polar surface area (TPSA) is 76.3 Å². The van der Waals surface area contributed by atoms with E-state index in [9.17, 15) is 14.9 Å². The number of aryl methyl sites for hydroxylation is 1. The number of aromatic nitrogens is 1. The second kappa shape index (κ2) is 4.89. The Kier molecular flexibility index (Phi) is 3.47. The molecule has 1 amide bonds. The summed E-state index contributed by atoms with van der Waals surface area (Å²) in [4.78, 5) is 27.7. The Morgan fingerprint density at radius 2 is 2.39 bits per heavy atom. The van der Waals surface area contributed by atoms with Crippen molar-refractivity contribution in [3.8, 4) is 0 Å². The highest BCUT2D eigenvalue weighted by atomic mass is 35.5. The zero-order valence-corrected chi connectivity index (χ0v) is 10.6. The molecule has 1 aliphatic rings. The first-order chi connectivity index (χ1) is 8.54. The van der Waals surface area contributed by atoms with Gasteiger partial charge in [-0.05, 0) is 18.9 Å². The van der Waals surface area contributed by atoms with Crippen molar-refractivity contribution in [2.24, 2.45) is 5.92 Å². The van der Waals surface area contributed by atoms with Gasteiger partial charge in [0.25, 0.3) is 0 Å². The molecule has 1 atom stereocenters. The van der Waals surface area contributed by atoms with Crippen LogP contribution >= 0.6 is 11.6 Å². The maximum atomic E-state index is 11.8. The molecule has 1 aromatic rings. The van der Waals surface area contributed by atoms with Crippen LogP contribution in [0.15, 0.2) is 12.3 Å². The molecule has 18 heavy (non-hydrogen) atoms. The third kappa shape index (κ3) is 2.15. The number of carbonyl (C=O) groups is 1. The zero-order chi connectivity index (χ0) is 13.3. The van der Waals surface area contributed by atoms with E-state index in [1.54, 1.807) is 13.0 Å². The van der Waals surface area contributed by atoms with E-state index in [4.69, 9.17) is 11.6 Å². The summed E-state index contributed by atoms with van der Waals surface area (Å²) in [6.07, 6.45) is 1.79. The van der Waals surface area contributed by atoms with Crippen molar-refractivity contribution in [1.82, 2.24) is 4.98 Å². The van der Waals surface area contributed by atoms with Crippen LogP contribution in [-0.4, -0.2) is 28.2 Å². The summed E-state index contributed by atoms with van der Waals surface area (Å²) in [6, 6.07) is 1.56. The monoisotopic (exact) mass is 269 g/mol. The quantitative estimate of drug-likeness (QED) is 0.477. The lowest BCUT2D eigenvalue weighted by Gasteiger charge is -2.15. The third-order valence-electron chi connectivity index (χ3n) is 2.97. The molecular weight excluding hydrogens is 258 g/mol. The Balaban J connectivity index is 2.43. The number of nitro groups is 1. The van der Waals surface area contributed by atoms with Gasteiger partial charge in [-0.1, -0.05) is 0 Å². The van der Waals surface area contributed by atoms with Gasteiger partial charge in [0.1, 0.15) is 0 Å². The molecule has 1 unspecified atom stereocenters. The van der Waals surface area contributed by atoms with Crippen LogP contribution in [0.25, 0.3) is 0 Å². The Labute approximate surface area is 109 Å². The molecule has 96 valence electrons. The molecule has 0 radical (unpaired) electrons. The number of hydrogen-bond acceptors (Lipinski definition) is 4. The van der Waals surface area contributed by atoms with Gasteiger partial charge in [0, 0.05) is 30.6 Å². The molecule has 1 aliphatic heterocycles. The summed E-state index contributed by atoms with van der Waals surface area (Å²) in [6.45, 7) is 2.02. The standard InChI is InChI=1S/C11H12ClN3O3/c1-7-2-3-13-11(10(7)15(17)18)14-6-8(5-12)4-9(14)16/h2-3,8H,4-6H2,1H3. The van der Waals surface area contributed by atoms with E-state index < -0.39 is 4.92 Å². The average molecular weight is 270 g/mol. The number of carbonyl (C=O) groups excluding carboxylic acids is 1. The Hall–Kier alpha value is -1.69. The van der Waals surface area contributed by atoms with Crippen molar-refractivity contribution in [1.29, 1.82) is 0 Å². The lowest BCUT2D eigenvalue weighted by Crippen LogP contribution is -2.26. The first kappa shape index (κ1) is 12.8. The van der Waals surface area contributed by atoms with Gasteiger partial charge < -0.3 is 0 Å². The van der Waals surface area contributed by atoms with Crippen LogP contribution in [0.5, 0.6) is 0 Å². The molecule has 1 aromatic heterocycles. The van der Waals surface area contributed by atoms with E-state index in [1.165, 1.54) is 11.1 Å². The predicted molar refractivity (Wildman–Crippen MR) is 66.8 cm³/mol. The summed E-state index contributed by atoms with van der Waals surface area (Å²) in [5.74, 6) is 0.350. The van der Waals surface area contributed by atoms with Crippen LogP contribution in [0, 0.1) is 23.0 Å². The number of pyridine rings is 1. The summed E-state index contributed by atoms with van der Waals surface area (Å²) in [5, 5.41) is 11.1. The fraction of sp³-hybridized carbons (Fsp3) is 0.455. The van der Waals surface area contributed by atoms with Crippen LogP contribution in [0.3, 0.4) is 0 Å². The predicted octanol–water partition coefficient (Wildman–Crippen LogP) is 1.89. The zero-order valence-electron chi connectivity index (χ0n) is 9.80. The summed E-state index contributed by atoms with van der Waals surface area (Å²) in [5.41, 5.74) is 0.383. The maximum Gasteiger partial charge on any atom is 0.314 e. The van der Waals surface area contributed by atoms with E-state index in [2.05, 4.69) is 4.98 Å². The molecule has 0 aliphatic carbocycles. The number of halogens is 1. The SMILES string of the molecule is Cc1ccnc(N2CC(CCl)CC2=O)c1[N+](=O)[O-]. The molecule has 0 aromatic carbocycles.